The summed E-state index contributed by atoms with van der Waals surface area (Å²) in [7, 11) is 1.11. The number of carbonyl (C=O) groups is 1. The van der Waals surface area contributed by atoms with Crippen molar-refractivity contribution < 1.29 is 17.6 Å². The molecule has 0 saturated heterocycles. The van der Waals surface area contributed by atoms with Gasteiger partial charge in [0.1, 0.15) is 5.82 Å². The molecular formula is C11H13ClFNO3S. The maximum Gasteiger partial charge on any atom is 0.261 e. The van der Waals surface area contributed by atoms with Crippen LogP contribution in [0.3, 0.4) is 0 Å². The van der Waals surface area contributed by atoms with Crippen molar-refractivity contribution in [1.82, 2.24) is 5.32 Å². The van der Waals surface area contributed by atoms with Crippen LogP contribution in [-0.4, -0.2) is 20.9 Å². The van der Waals surface area contributed by atoms with E-state index in [4.69, 9.17) is 10.7 Å². The Kier molecular flexibility index (Phi) is 4.70. The van der Waals surface area contributed by atoms with Crippen molar-refractivity contribution in [3.05, 3.63) is 29.1 Å². The van der Waals surface area contributed by atoms with Gasteiger partial charge in [-0.15, -0.1) is 0 Å². The van der Waals surface area contributed by atoms with E-state index in [2.05, 4.69) is 5.32 Å². The van der Waals surface area contributed by atoms with E-state index in [1.54, 1.807) is 0 Å². The summed E-state index contributed by atoms with van der Waals surface area (Å²) in [6.07, 6.45) is 0.723. The first kappa shape index (κ1) is 14.9. The third kappa shape index (κ3) is 3.43. The second-order valence-corrected chi connectivity index (χ2v) is 6.31. The van der Waals surface area contributed by atoms with E-state index in [-0.39, 0.29) is 16.0 Å². The van der Waals surface area contributed by atoms with Gasteiger partial charge in [0.15, 0.2) is 0 Å². The van der Waals surface area contributed by atoms with Gasteiger partial charge in [-0.2, -0.15) is 0 Å². The molecule has 0 saturated carbocycles. The van der Waals surface area contributed by atoms with E-state index >= 15 is 0 Å². The molecular weight excluding hydrogens is 281 g/mol. The summed E-state index contributed by atoms with van der Waals surface area (Å²) in [4.78, 5) is 11.2. The highest BCUT2D eigenvalue weighted by Crippen LogP contribution is 2.23. The molecule has 0 aromatic heterocycles. The minimum Gasteiger partial charge on any atom is -0.352 e. The van der Waals surface area contributed by atoms with Gasteiger partial charge in [0.25, 0.3) is 15.0 Å². The van der Waals surface area contributed by atoms with Crippen LogP contribution in [0.2, 0.25) is 0 Å². The standard InChI is InChI=1S/C11H13ClFNO3S/c1-3-4-14-11(15)8-5-9(13)7(2)10(6-8)18(12,16)17/h5-6H,3-4H2,1-2H3,(H,14,15). The van der Waals surface area contributed by atoms with Crippen LogP contribution in [0.1, 0.15) is 29.3 Å². The van der Waals surface area contributed by atoms with Crippen molar-refractivity contribution in [3.8, 4) is 0 Å². The van der Waals surface area contributed by atoms with Gasteiger partial charge in [-0.1, -0.05) is 6.92 Å². The van der Waals surface area contributed by atoms with E-state index < -0.39 is 20.8 Å². The molecule has 100 valence electrons. The Morgan fingerprint density at radius 3 is 2.56 bits per heavy atom. The number of carbonyl (C=O) groups excluding carboxylic acids is 1. The highest BCUT2D eigenvalue weighted by atomic mass is 35.7. The molecule has 0 fully saturated rings. The highest BCUT2D eigenvalue weighted by molar-refractivity contribution is 8.13. The molecule has 1 N–H and O–H groups in total. The van der Waals surface area contributed by atoms with Crippen LogP contribution < -0.4 is 5.32 Å². The van der Waals surface area contributed by atoms with E-state index in [0.29, 0.717) is 6.54 Å². The lowest BCUT2D eigenvalue weighted by Crippen LogP contribution is -2.24. The number of hydrogen-bond donors (Lipinski definition) is 1. The molecule has 0 atom stereocenters. The third-order valence-corrected chi connectivity index (χ3v) is 3.81. The average molecular weight is 294 g/mol. The predicted octanol–water partition coefficient (Wildman–Crippen LogP) is 2.20. The van der Waals surface area contributed by atoms with E-state index in [0.717, 1.165) is 18.6 Å². The summed E-state index contributed by atoms with van der Waals surface area (Å²) in [6, 6.07) is 2.07. The van der Waals surface area contributed by atoms with Crippen molar-refractivity contribution in [3.63, 3.8) is 0 Å². The van der Waals surface area contributed by atoms with E-state index in [1.165, 1.54) is 6.92 Å². The predicted molar refractivity (Wildman–Crippen MR) is 66.8 cm³/mol. The second-order valence-electron chi connectivity index (χ2n) is 3.77. The number of rotatable bonds is 4. The molecule has 0 aliphatic heterocycles. The molecule has 4 nitrogen and oxygen atoms in total. The maximum absolute atomic E-state index is 13.5. The van der Waals surface area contributed by atoms with Crippen LogP contribution in [0.15, 0.2) is 17.0 Å². The van der Waals surface area contributed by atoms with Gasteiger partial charge in [0.2, 0.25) is 0 Å². The van der Waals surface area contributed by atoms with Gasteiger partial charge in [-0.3, -0.25) is 4.79 Å². The molecule has 0 heterocycles. The minimum absolute atomic E-state index is 0.0641. The van der Waals surface area contributed by atoms with Crippen molar-refractivity contribution >= 4 is 25.6 Å². The Morgan fingerprint density at radius 1 is 1.44 bits per heavy atom. The molecule has 1 aromatic carbocycles. The normalized spacial score (nSPS) is 11.3. The van der Waals surface area contributed by atoms with Crippen molar-refractivity contribution in [2.45, 2.75) is 25.2 Å². The molecule has 0 spiro atoms. The van der Waals surface area contributed by atoms with Crippen LogP contribution in [0.4, 0.5) is 4.39 Å². The number of benzene rings is 1. The molecule has 1 aromatic rings. The molecule has 0 aliphatic carbocycles. The fourth-order valence-corrected chi connectivity index (χ4v) is 2.59. The minimum atomic E-state index is -4.08. The first-order chi connectivity index (χ1) is 8.27. The average Bonchev–Trinajstić information content (AvgIpc) is 2.27. The topological polar surface area (TPSA) is 63.2 Å². The van der Waals surface area contributed by atoms with E-state index in [1.807, 2.05) is 6.92 Å². The summed E-state index contributed by atoms with van der Waals surface area (Å²) < 4.78 is 36.1. The molecule has 1 rings (SSSR count). The van der Waals surface area contributed by atoms with Crippen molar-refractivity contribution in [2.24, 2.45) is 0 Å². The summed E-state index contributed by atoms with van der Waals surface area (Å²) in [6.45, 7) is 3.58. The zero-order valence-electron chi connectivity index (χ0n) is 9.96. The number of halogens is 2. The Bertz CT molecular complexity index is 572. The molecule has 0 bridgehead atoms. The van der Waals surface area contributed by atoms with Crippen LogP contribution in [0.25, 0.3) is 0 Å². The first-order valence-electron chi connectivity index (χ1n) is 5.30. The largest absolute Gasteiger partial charge is 0.352 e. The molecule has 0 radical (unpaired) electrons. The van der Waals surface area contributed by atoms with Gasteiger partial charge in [-0.25, -0.2) is 12.8 Å². The zero-order valence-corrected chi connectivity index (χ0v) is 11.5. The lowest BCUT2D eigenvalue weighted by atomic mass is 10.1. The Hall–Kier alpha value is -1.14. The fraction of sp³-hybridized carbons (Fsp3) is 0.364. The summed E-state index contributed by atoms with van der Waals surface area (Å²) in [5, 5.41) is 2.53. The molecule has 7 heteroatoms. The lowest BCUT2D eigenvalue weighted by Gasteiger charge is -2.08. The van der Waals surface area contributed by atoms with Gasteiger partial charge < -0.3 is 5.32 Å². The van der Waals surface area contributed by atoms with Gasteiger partial charge >= 0.3 is 0 Å². The Morgan fingerprint density at radius 2 is 2.06 bits per heavy atom. The van der Waals surface area contributed by atoms with Crippen LogP contribution in [0, 0.1) is 12.7 Å². The SMILES string of the molecule is CCCNC(=O)c1cc(F)c(C)c(S(=O)(=O)Cl)c1. The maximum atomic E-state index is 13.5. The van der Waals surface area contributed by atoms with Gasteiger partial charge in [0.05, 0.1) is 4.90 Å². The molecule has 18 heavy (non-hydrogen) atoms. The number of amides is 1. The molecule has 1 amide bonds. The van der Waals surface area contributed by atoms with Crippen molar-refractivity contribution in [1.29, 1.82) is 0 Å². The fourth-order valence-electron chi connectivity index (χ4n) is 1.38. The monoisotopic (exact) mass is 293 g/mol. The second kappa shape index (κ2) is 5.67. The van der Waals surface area contributed by atoms with Crippen LogP contribution >= 0.6 is 10.7 Å². The lowest BCUT2D eigenvalue weighted by molar-refractivity contribution is 0.0953. The number of hydrogen-bond acceptors (Lipinski definition) is 3. The smallest absolute Gasteiger partial charge is 0.261 e. The summed E-state index contributed by atoms with van der Waals surface area (Å²) in [5.41, 5.74) is -0.164. The summed E-state index contributed by atoms with van der Waals surface area (Å²) >= 11 is 0. The first-order valence-corrected chi connectivity index (χ1v) is 7.61. The van der Waals surface area contributed by atoms with Crippen LogP contribution in [-0.2, 0) is 9.05 Å². The highest BCUT2D eigenvalue weighted by Gasteiger charge is 2.19. The number of nitrogens with one attached hydrogen (secondary N) is 1. The van der Waals surface area contributed by atoms with Crippen molar-refractivity contribution in [2.75, 3.05) is 6.54 Å². The van der Waals surface area contributed by atoms with Gasteiger partial charge in [-0.05, 0) is 25.5 Å². The zero-order chi connectivity index (χ0) is 13.9. The van der Waals surface area contributed by atoms with Gasteiger partial charge in [0, 0.05) is 28.4 Å². The summed E-state index contributed by atoms with van der Waals surface area (Å²) in [5.74, 6) is -1.31. The Labute approximate surface area is 110 Å². The molecule has 0 aliphatic rings. The molecule has 0 unspecified atom stereocenters. The third-order valence-electron chi connectivity index (χ3n) is 2.36. The van der Waals surface area contributed by atoms with E-state index in [9.17, 15) is 17.6 Å². The Balaban J connectivity index is 3.25. The quantitative estimate of drug-likeness (QED) is 0.866. The van der Waals surface area contributed by atoms with Crippen LogP contribution in [0.5, 0.6) is 0 Å².